The van der Waals surface area contributed by atoms with Crippen LogP contribution in [0.4, 0.5) is 0 Å². The van der Waals surface area contributed by atoms with E-state index >= 15 is 0 Å². The normalized spacial score (nSPS) is 24.9. The van der Waals surface area contributed by atoms with Crippen molar-refractivity contribution < 1.29 is 38.8 Å². The van der Waals surface area contributed by atoms with Gasteiger partial charge in [-0.05, 0) is 37.0 Å². The topological polar surface area (TPSA) is 135 Å². The van der Waals surface area contributed by atoms with E-state index in [1.807, 2.05) is 0 Å². The maximum atomic E-state index is 13.2. The van der Waals surface area contributed by atoms with Crippen LogP contribution in [-0.4, -0.2) is 92.0 Å². The second-order valence-electron chi connectivity index (χ2n) is 8.82. The van der Waals surface area contributed by atoms with E-state index in [9.17, 15) is 24.6 Å². The lowest BCUT2D eigenvalue weighted by molar-refractivity contribution is -0.141. The van der Waals surface area contributed by atoms with Gasteiger partial charge < -0.3 is 34.6 Å². The van der Waals surface area contributed by atoms with Crippen LogP contribution in [-0.2, 0) is 14.3 Å². The van der Waals surface area contributed by atoms with E-state index in [2.05, 4.69) is 5.32 Å². The molecule has 1 saturated carbocycles. The van der Waals surface area contributed by atoms with Gasteiger partial charge >= 0.3 is 0 Å². The highest BCUT2D eigenvalue weighted by molar-refractivity contribution is 5.96. The lowest BCUT2D eigenvalue weighted by Gasteiger charge is -2.40. The Kier molecular flexibility index (Phi) is 7.20. The van der Waals surface area contributed by atoms with Gasteiger partial charge in [-0.25, -0.2) is 0 Å². The van der Waals surface area contributed by atoms with E-state index in [-0.39, 0.29) is 25.7 Å². The predicted molar refractivity (Wildman–Crippen MR) is 120 cm³/mol. The lowest BCUT2D eigenvalue weighted by Crippen LogP contribution is -2.56. The Morgan fingerprint density at radius 1 is 1.29 bits per heavy atom. The molecule has 0 radical (unpaired) electrons. The molecule has 10 nitrogen and oxygen atoms in total. The van der Waals surface area contributed by atoms with Crippen LogP contribution in [0.25, 0.3) is 0 Å². The van der Waals surface area contributed by atoms with E-state index < -0.39 is 30.1 Å². The minimum absolute atomic E-state index is 0.0422. The molecule has 0 aromatic heterocycles. The minimum atomic E-state index is -1.14. The molecule has 34 heavy (non-hydrogen) atoms. The van der Waals surface area contributed by atoms with Crippen LogP contribution in [0, 0.1) is 5.92 Å². The summed E-state index contributed by atoms with van der Waals surface area (Å²) in [5, 5.41) is 23.3. The van der Waals surface area contributed by atoms with Gasteiger partial charge in [0.1, 0.15) is 25.1 Å². The first-order chi connectivity index (χ1) is 16.4. The number of nitrogens with zero attached hydrogens (tertiary/aromatic N) is 1. The molecule has 1 aliphatic heterocycles. The molecule has 1 aromatic rings. The van der Waals surface area contributed by atoms with Crippen LogP contribution in [0.15, 0.2) is 23.8 Å². The van der Waals surface area contributed by atoms with Crippen LogP contribution in [0.5, 0.6) is 11.5 Å². The number of carbonyl (C=O) groups is 3. The number of ether oxygens (including phenoxy) is 3. The summed E-state index contributed by atoms with van der Waals surface area (Å²) in [5.41, 5.74) is 1.19. The minimum Gasteiger partial charge on any atom is -0.493 e. The van der Waals surface area contributed by atoms with Gasteiger partial charge in [-0.3, -0.25) is 14.4 Å². The Balaban J connectivity index is 1.79. The van der Waals surface area contributed by atoms with Gasteiger partial charge in [0.2, 0.25) is 11.8 Å². The van der Waals surface area contributed by atoms with Gasteiger partial charge in [0.15, 0.2) is 11.5 Å². The number of nitrogens with one attached hydrogen (secondary N) is 1. The number of aldehydes is 1. The van der Waals surface area contributed by atoms with Gasteiger partial charge in [-0.1, -0.05) is 0 Å². The smallest absolute Gasteiger partial charge is 0.249 e. The summed E-state index contributed by atoms with van der Waals surface area (Å²) in [7, 11) is 2.87. The van der Waals surface area contributed by atoms with E-state index in [4.69, 9.17) is 14.2 Å². The first-order valence-electron chi connectivity index (χ1n) is 11.3. The molecule has 3 N–H and O–H groups in total. The zero-order chi connectivity index (χ0) is 24.4. The fourth-order valence-electron chi connectivity index (χ4n) is 4.73. The molecule has 4 rings (SSSR count). The van der Waals surface area contributed by atoms with E-state index in [0.29, 0.717) is 46.9 Å². The monoisotopic (exact) mass is 474 g/mol. The number of rotatable bonds is 10. The van der Waals surface area contributed by atoms with Gasteiger partial charge in [-0.2, -0.15) is 0 Å². The Labute approximate surface area is 197 Å². The molecule has 1 heterocycles. The van der Waals surface area contributed by atoms with Crippen molar-refractivity contribution in [2.45, 2.75) is 37.0 Å². The van der Waals surface area contributed by atoms with Crippen molar-refractivity contribution in [2.75, 3.05) is 40.5 Å². The molecule has 184 valence electrons. The van der Waals surface area contributed by atoms with Gasteiger partial charge in [0.05, 0.1) is 25.7 Å². The molecule has 3 aliphatic rings. The zero-order valence-electron chi connectivity index (χ0n) is 19.2. The third-order valence-electron chi connectivity index (χ3n) is 6.51. The number of carbonyl (C=O) groups excluding carboxylic acids is 3. The quantitative estimate of drug-likeness (QED) is 0.404. The van der Waals surface area contributed by atoms with Crippen LogP contribution in [0.3, 0.4) is 0 Å². The van der Waals surface area contributed by atoms with Crippen molar-refractivity contribution >= 4 is 18.1 Å². The zero-order valence-corrected chi connectivity index (χ0v) is 19.2. The Morgan fingerprint density at radius 2 is 2.06 bits per heavy atom. The highest BCUT2D eigenvalue weighted by Crippen LogP contribution is 2.51. The van der Waals surface area contributed by atoms with Crippen molar-refractivity contribution in [3.63, 3.8) is 0 Å². The maximum absolute atomic E-state index is 13.2. The van der Waals surface area contributed by atoms with E-state index in [0.717, 1.165) is 12.8 Å². The SMILES string of the molecule is COCC(=O)N(CC1CC1)[C@@H]1C=C(C(=O)NCCO)[C@@H]2c3cc(C=O)cc(OC)c3O[C@@H]2[C@H]1O. The van der Waals surface area contributed by atoms with Gasteiger partial charge in [-0.15, -0.1) is 0 Å². The Morgan fingerprint density at radius 3 is 2.68 bits per heavy atom. The number of hydrogen-bond acceptors (Lipinski definition) is 8. The third kappa shape index (κ3) is 4.53. The summed E-state index contributed by atoms with van der Waals surface area (Å²) in [6.45, 7) is 0.0898. The molecule has 0 saturated heterocycles. The van der Waals surface area contributed by atoms with Crippen LogP contribution >= 0.6 is 0 Å². The maximum Gasteiger partial charge on any atom is 0.249 e. The number of benzene rings is 1. The molecule has 2 aliphatic carbocycles. The summed E-state index contributed by atoms with van der Waals surface area (Å²) in [4.78, 5) is 39.2. The summed E-state index contributed by atoms with van der Waals surface area (Å²) < 4.78 is 16.6. The first kappa shape index (κ1) is 24.2. The standard InChI is InChI=1S/C24H30N2O8/c1-32-12-19(29)26(10-13-3-4-13)17-9-16(24(31)25-5-6-27)20-15-7-14(11-28)8-18(33-2)22(15)34-23(20)21(17)30/h7-9,11,13,17,20-21,23,27,30H,3-6,10,12H2,1-2H3,(H,25,31)/t17-,20+,21+,23+/m1/s1. The fourth-order valence-corrected chi connectivity index (χ4v) is 4.73. The van der Waals surface area contributed by atoms with E-state index in [1.165, 1.54) is 20.3 Å². The summed E-state index contributed by atoms with van der Waals surface area (Å²) >= 11 is 0. The number of amides is 2. The highest BCUT2D eigenvalue weighted by Gasteiger charge is 2.51. The summed E-state index contributed by atoms with van der Waals surface area (Å²) in [6.07, 6.45) is 2.24. The van der Waals surface area contributed by atoms with Crippen LogP contribution in [0.2, 0.25) is 0 Å². The lowest BCUT2D eigenvalue weighted by atomic mass is 9.77. The molecule has 4 atom stereocenters. The fraction of sp³-hybridized carbons (Fsp3) is 0.542. The molecule has 0 spiro atoms. The van der Waals surface area contributed by atoms with Gasteiger partial charge in [0.25, 0.3) is 0 Å². The van der Waals surface area contributed by atoms with Crippen molar-refractivity contribution in [2.24, 2.45) is 5.92 Å². The Hall–Kier alpha value is -2.95. The average molecular weight is 475 g/mol. The van der Waals surface area contributed by atoms with Gasteiger partial charge in [0, 0.05) is 36.9 Å². The number of aliphatic hydroxyl groups excluding tert-OH is 2. The predicted octanol–water partition coefficient (Wildman–Crippen LogP) is 0.0153. The molecule has 0 unspecified atom stereocenters. The summed E-state index contributed by atoms with van der Waals surface area (Å²) in [5.74, 6) is -0.423. The number of methoxy groups -OCH3 is 2. The van der Waals surface area contributed by atoms with Crippen molar-refractivity contribution in [1.82, 2.24) is 10.2 Å². The molecule has 1 aromatic carbocycles. The second kappa shape index (κ2) is 10.1. The van der Waals surface area contributed by atoms with Crippen LogP contribution < -0.4 is 14.8 Å². The largest absolute Gasteiger partial charge is 0.493 e. The Bertz CT molecular complexity index is 989. The number of hydrogen-bond donors (Lipinski definition) is 3. The third-order valence-corrected chi connectivity index (χ3v) is 6.51. The molecule has 0 bridgehead atoms. The number of fused-ring (bicyclic) bond motifs is 3. The first-order valence-corrected chi connectivity index (χ1v) is 11.3. The number of aliphatic hydroxyl groups is 2. The second-order valence-corrected chi connectivity index (χ2v) is 8.82. The molecular formula is C24H30N2O8. The van der Waals surface area contributed by atoms with Crippen LogP contribution in [0.1, 0.15) is 34.7 Å². The summed E-state index contributed by atoms with van der Waals surface area (Å²) in [6, 6.07) is 2.34. The van der Waals surface area contributed by atoms with Crippen molar-refractivity contribution in [3.8, 4) is 11.5 Å². The molecule has 2 amide bonds. The molecule has 10 heteroatoms. The van der Waals surface area contributed by atoms with Crippen molar-refractivity contribution in [3.05, 3.63) is 34.9 Å². The van der Waals surface area contributed by atoms with Crippen molar-refractivity contribution in [1.29, 1.82) is 0 Å². The molecule has 1 fully saturated rings. The highest BCUT2D eigenvalue weighted by atomic mass is 16.5. The average Bonchev–Trinajstić information content (AvgIpc) is 3.58. The molecular weight excluding hydrogens is 444 g/mol. The van der Waals surface area contributed by atoms with E-state index in [1.54, 1.807) is 17.0 Å².